The molecule has 0 aliphatic heterocycles. The highest BCUT2D eigenvalue weighted by molar-refractivity contribution is 5.92. The standard InChI is InChI=1S/C12H17N3O/c1-9-3-2-4-10(15-9)11(16)14-8-12(7-13)5-6-12/h2-4H,5-8,13H2,1H3,(H,14,16). The highest BCUT2D eigenvalue weighted by Crippen LogP contribution is 2.43. The van der Waals surface area contributed by atoms with Gasteiger partial charge in [0, 0.05) is 17.7 Å². The van der Waals surface area contributed by atoms with Gasteiger partial charge in [-0.2, -0.15) is 0 Å². The maximum Gasteiger partial charge on any atom is 0.269 e. The van der Waals surface area contributed by atoms with Crippen molar-refractivity contribution in [2.24, 2.45) is 11.1 Å². The van der Waals surface area contributed by atoms with Crippen LogP contribution in [0.1, 0.15) is 29.0 Å². The first-order valence-corrected chi connectivity index (χ1v) is 5.57. The van der Waals surface area contributed by atoms with Gasteiger partial charge >= 0.3 is 0 Å². The van der Waals surface area contributed by atoms with Crippen LogP contribution in [0.4, 0.5) is 0 Å². The van der Waals surface area contributed by atoms with E-state index in [2.05, 4.69) is 10.3 Å². The van der Waals surface area contributed by atoms with Gasteiger partial charge in [-0.25, -0.2) is 4.98 Å². The molecule has 0 bridgehead atoms. The Morgan fingerprint density at radius 3 is 2.88 bits per heavy atom. The third-order valence-electron chi connectivity index (χ3n) is 3.14. The van der Waals surface area contributed by atoms with Gasteiger partial charge in [0.05, 0.1) is 0 Å². The molecule has 3 N–H and O–H groups in total. The van der Waals surface area contributed by atoms with Crippen molar-refractivity contribution in [1.29, 1.82) is 0 Å². The molecule has 1 aliphatic carbocycles. The molecule has 0 saturated heterocycles. The fourth-order valence-electron chi connectivity index (χ4n) is 1.66. The number of hydrogen-bond acceptors (Lipinski definition) is 3. The van der Waals surface area contributed by atoms with Crippen molar-refractivity contribution in [2.45, 2.75) is 19.8 Å². The second-order valence-electron chi connectivity index (χ2n) is 4.55. The molecule has 2 rings (SSSR count). The molecule has 0 radical (unpaired) electrons. The normalized spacial score (nSPS) is 16.9. The van der Waals surface area contributed by atoms with Crippen molar-refractivity contribution in [1.82, 2.24) is 10.3 Å². The first-order valence-electron chi connectivity index (χ1n) is 5.57. The monoisotopic (exact) mass is 219 g/mol. The molecular formula is C12H17N3O. The molecule has 0 atom stereocenters. The molecule has 4 heteroatoms. The molecule has 1 aliphatic rings. The number of nitrogens with two attached hydrogens (primary N) is 1. The summed E-state index contributed by atoms with van der Waals surface area (Å²) in [5.41, 5.74) is 7.15. The van der Waals surface area contributed by atoms with Crippen LogP contribution in [0.2, 0.25) is 0 Å². The minimum absolute atomic E-state index is 0.108. The molecule has 1 aromatic heterocycles. The van der Waals surface area contributed by atoms with Crippen molar-refractivity contribution in [2.75, 3.05) is 13.1 Å². The number of aromatic nitrogens is 1. The number of amides is 1. The smallest absolute Gasteiger partial charge is 0.269 e. The topological polar surface area (TPSA) is 68.0 Å². The maximum atomic E-state index is 11.8. The minimum Gasteiger partial charge on any atom is -0.350 e. The lowest BCUT2D eigenvalue weighted by Gasteiger charge is -2.12. The van der Waals surface area contributed by atoms with Crippen LogP contribution in [-0.2, 0) is 0 Å². The highest BCUT2D eigenvalue weighted by Gasteiger charge is 2.41. The third-order valence-corrected chi connectivity index (χ3v) is 3.14. The number of pyridine rings is 1. The van der Waals surface area contributed by atoms with Crippen LogP contribution in [0.25, 0.3) is 0 Å². The van der Waals surface area contributed by atoms with E-state index in [0.717, 1.165) is 18.5 Å². The molecule has 0 spiro atoms. The number of nitrogens with zero attached hydrogens (tertiary/aromatic N) is 1. The molecule has 1 heterocycles. The average Bonchev–Trinajstić information content (AvgIpc) is 3.07. The summed E-state index contributed by atoms with van der Waals surface area (Å²) in [4.78, 5) is 15.9. The van der Waals surface area contributed by atoms with Crippen LogP contribution in [0, 0.1) is 12.3 Å². The maximum absolute atomic E-state index is 11.8. The molecule has 0 aromatic carbocycles. The summed E-state index contributed by atoms with van der Waals surface area (Å²) < 4.78 is 0. The Labute approximate surface area is 95.3 Å². The van der Waals surface area contributed by atoms with E-state index in [-0.39, 0.29) is 11.3 Å². The Kier molecular flexibility index (Phi) is 2.92. The van der Waals surface area contributed by atoms with E-state index >= 15 is 0 Å². The van der Waals surface area contributed by atoms with Gasteiger partial charge in [-0.1, -0.05) is 6.07 Å². The number of rotatable bonds is 4. The van der Waals surface area contributed by atoms with E-state index in [1.807, 2.05) is 19.1 Å². The number of carbonyl (C=O) groups is 1. The van der Waals surface area contributed by atoms with Crippen molar-refractivity contribution in [3.05, 3.63) is 29.6 Å². The Bertz CT molecular complexity index is 399. The van der Waals surface area contributed by atoms with Crippen molar-refractivity contribution in [3.63, 3.8) is 0 Å². The summed E-state index contributed by atoms with van der Waals surface area (Å²) in [6.07, 6.45) is 2.23. The van der Waals surface area contributed by atoms with Gasteiger partial charge < -0.3 is 11.1 Å². The van der Waals surface area contributed by atoms with Gasteiger partial charge in [0.25, 0.3) is 5.91 Å². The lowest BCUT2D eigenvalue weighted by Crippen LogP contribution is -2.34. The van der Waals surface area contributed by atoms with Crippen LogP contribution >= 0.6 is 0 Å². The van der Waals surface area contributed by atoms with Crippen molar-refractivity contribution < 1.29 is 4.79 Å². The first-order chi connectivity index (χ1) is 7.65. The number of hydrogen-bond donors (Lipinski definition) is 2. The van der Waals surface area contributed by atoms with E-state index in [9.17, 15) is 4.79 Å². The van der Waals surface area contributed by atoms with Crippen LogP contribution in [0.3, 0.4) is 0 Å². The van der Waals surface area contributed by atoms with E-state index in [4.69, 9.17) is 5.73 Å². The second kappa shape index (κ2) is 4.22. The molecule has 1 amide bonds. The number of aryl methyl sites for hydroxylation is 1. The fraction of sp³-hybridized carbons (Fsp3) is 0.500. The average molecular weight is 219 g/mol. The van der Waals surface area contributed by atoms with Crippen LogP contribution in [0.5, 0.6) is 0 Å². The Morgan fingerprint density at radius 2 is 2.31 bits per heavy atom. The van der Waals surface area contributed by atoms with Gasteiger partial charge in [-0.15, -0.1) is 0 Å². The van der Waals surface area contributed by atoms with Gasteiger partial charge in [-0.05, 0) is 38.4 Å². The molecule has 0 unspecified atom stereocenters. The van der Waals surface area contributed by atoms with Gasteiger partial charge in [0.15, 0.2) is 0 Å². The zero-order valence-corrected chi connectivity index (χ0v) is 9.49. The summed E-state index contributed by atoms with van der Waals surface area (Å²) in [5, 5.41) is 2.90. The Hall–Kier alpha value is -1.42. The zero-order valence-electron chi connectivity index (χ0n) is 9.49. The predicted molar refractivity (Wildman–Crippen MR) is 62.0 cm³/mol. The number of nitrogens with one attached hydrogen (secondary N) is 1. The molecule has 1 saturated carbocycles. The van der Waals surface area contributed by atoms with Gasteiger partial charge in [-0.3, -0.25) is 4.79 Å². The summed E-state index contributed by atoms with van der Waals surface area (Å²) in [6, 6.07) is 5.44. The van der Waals surface area contributed by atoms with E-state index in [1.54, 1.807) is 6.07 Å². The Morgan fingerprint density at radius 1 is 1.56 bits per heavy atom. The molecule has 86 valence electrons. The zero-order chi connectivity index (χ0) is 11.6. The summed E-state index contributed by atoms with van der Waals surface area (Å²) in [6.45, 7) is 3.19. The molecule has 1 fully saturated rings. The summed E-state index contributed by atoms with van der Waals surface area (Å²) in [5.74, 6) is -0.108. The minimum atomic E-state index is -0.108. The van der Waals surface area contributed by atoms with Gasteiger partial charge in [0.2, 0.25) is 0 Å². The van der Waals surface area contributed by atoms with Crippen LogP contribution in [0.15, 0.2) is 18.2 Å². The summed E-state index contributed by atoms with van der Waals surface area (Å²) in [7, 11) is 0. The van der Waals surface area contributed by atoms with Crippen LogP contribution in [-0.4, -0.2) is 24.0 Å². The predicted octanol–water partition coefficient (Wildman–Crippen LogP) is 0.859. The lowest BCUT2D eigenvalue weighted by atomic mass is 10.1. The van der Waals surface area contributed by atoms with Gasteiger partial charge in [0.1, 0.15) is 5.69 Å². The third kappa shape index (κ3) is 2.39. The Balaban J connectivity index is 1.93. The highest BCUT2D eigenvalue weighted by atomic mass is 16.1. The summed E-state index contributed by atoms with van der Waals surface area (Å²) >= 11 is 0. The number of carbonyl (C=O) groups excluding carboxylic acids is 1. The molecule has 16 heavy (non-hydrogen) atoms. The second-order valence-corrected chi connectivity index (χ2v) is 4.55. The van der Waals surface area contributed by atoms with E-state index < -0.39 is 0 Å². The van der Waals surface area contributed by atoms with E-state index in [0.29, 0.717) is 18.8 Å². The van der Waals surface area contributed by atoms with E-state index in [1.165, 1.54) is 0 Å². The SMILES string of the molecule is Cc1cccc(C(=O)NCC2(CN)CC2)n1. The quantitative estimate of drug-likeness (QED) is 0.789. The van der Waals surface area contributed by atoms with Crippen molar-refractivity contribution >= 4 is 5.91 Å². The first kappa shape index (κ1) is 11.1. The van der Waals surface area contributed by atoms with Crippen LogP contribution < -0.4 is 11.1 Å². The fourth-order valence-corrected chi connectivity index (χ4v) is 1.66. The molecule has 4 nitrogen and oxygen atoms in total. The van der Waals surface area contributed by atoms with Crippen molar-refractivity contribution in [3.8, 4) is 0 Å². The lowest BCUT2D eigenvalue weighted by molar-refractivity contribution is 0.0940. The largest absolute Gasteiger partial charge is 0.350 e. The molecular weight excluding hydrogens is 202 g/mol. The molecule has 1 aromatic rings.